The zero-order valence-electron chi connectivity index (χ0n) is 10.7. The Hall–Kier alpha value is -2.56. The maximum Gasteiger partial charge on any atom is 0.344 e. The van der Waals surface area contributed by atoms with Gasteiger partial charge >= 0.3 is 5.97 Å². The lowest BCUT2D eigenvalue weighted by Gasteiger charge is -2.07. The number of esters is 1. The van der Waals surface area contributed by atoms with Gasteiger partial charge in [-0.2, -0.15) is 0 Å². The van der Waals surface area contributed by atoms with Gasteiger partial charge in [0.05, 0.1) is 0 Å². The molecule has 0 aromatic heterocycles. The number of carbonyl (C=O) groups is 1. The topological polar surface area (TPSA) is 61.5 Å². The van der Waals surface area contributed by atoms with Crippen LogP contribution in [0.4, 0.5) is 10.1 Å². The summed E-state index contributed by atoms with van der Waals surface area (Å²) in [5, 5.41) is 0. The van der Waals surface area contributed by atoms with Crippen molar-refractivity contribution in [3.63, 3.8) is 0 Å². The second-order valence-corrected chi connectivity index (χ2v) is 4.11. The Morgan fingerprint density at radius 1 is 1.10 bits per heavy atom. The molecule has 0 fully saturated rings. The van der Waals surface area contributed by atoms with Crippen LogP contribution in [-0.2, 0) is 16.1 Å². The maximum absolute atomic E-state index is 13.3. The molecule has 0 amide bonds. The van der Waals surface area contributed by atoms with E-state index in [9.17, 15) is 9.18 Å². The Morgan fingerprint density at radius 3 is 2.50 bits per heavy atom. The molecule has 0 saturated heterocycles. The lowest BCUT2D eigenvalue weighted by atomic mass is 10.2. The maximum atomic E-state index is 13.3. The van der Waals surface area contributed by atoms with Gasteiger partial charge < -0.3 is 15.2 Å². The third-order valence-electron chi connectivity index (χ3n) is 2.58. The van der Waals surface area contributed by atoms with Crippen molar-refractivity contribution in [3.8, 4) is 5.75 Å². The number of nitrogen functional groups attached to an aromatic ring is 1. The van der Waals surface area contributed by atoms with Crippen molar-refractivity contribution in [3.05, 3.63) is 59.9 Å². The summed E-state index contributed by atoms with van der Waals surface area (Å²) in [7, 11) is 0. The quantitative estimate of drug-likeness (QED) is 0.673. The molecule has 2 N–H and O–H groups in total. The first kappa shape index (κ1) is 13.9. The molecule has 2 rings (SSSR count). The van der Waals surface area contributed by atoms with E-state index in [1.807, 2.05) is 0 Å². The number of anilines is 1. The molecule has 5 heteroatoms. The Balaban J connectivity index is 1.78. The van der Waals surface area contributed by atoms with E-state index in [2.05, 4.69) is 0 Å². The average Bonchev–Trinajstić information content (AvgIpc) is 2.46. The first-order chi connectivity index (χ1) is 9.65. The Morgan fingerprint density at radius 2 is 1.80 bits per heavy atom. The molecule has 0 spiro atoms. The number of hydrogen-bond acceptors (Lipinski definition) is 4. The van der Waals surface area contributed by atoms with E-state index in [-0.39, 0.29) is 13.2 Å². The molecule has 0 radical (unpaired) electrons. The molecule has 0 aliphatic rings. The van der Waals surface area contributed by atoms with Crippen LogP contribution in [0.3, 0.4) is 0 Å². The van der Waals surface area contributed by atoms with E-state index < -0.39 is 11.8 Å². The summed E-state index contributed by atoms with van der Waals surface area (Å²) < 4.78 is 23.4. The van der Waals surface area contributed by atoms with Gasteiger partial charge in [-0.3, -0.25) is 0 Å². The van der Waals surface area contributed by atoms with Crippen molar-refractivity contribution in [2.75, 3.05) is 12.3 Å². The number of hydrogen-bond donors (Lipinski definition) is 1. The van der Waals surface area contributed by atoms with Gasteiger partial charge in [0.15, 0.2) is 6.61 Å². The van der Waals surface area contributed by atoms with Gasteiger partial charge in [-0.1, -0.05) is 18.2 Å². The zero-order valence-corrected chi connectivity index (χ0v) is 10.7. The summed E-state index contributed by atoms with van der Waals surface area (Å²) >= 11 is 0. The smallest absolute Gasteiger partial charge is 0.344 e. The molecule has 4 nitrogen and oxygen atoms in total. The van der Waals surface area contributed by atoms with Gasteiger partial charge in [0.25, 0.3) is 0 Å². The molecule has 0 bridgehead atoms. The summed E-state index contributed by atoms with van der Waals surface area (Å²) in [6.45, 7) is -0.352. The number of halogens is 1. The molecule has 0 aliphatic heterocycles. The zero-order chi connectivity index (χ0) is 14.4. The lowest BCUT2D eigenvalue weighted by molar-refractivity contribution is -0.147. The second kappa shape index (κ2) is 6.56. The van der Waals surface area contributed by atoms with E-state index in [0.29, 0.717) is 17.0 Å². The van der Waals surface area contributed by atoms with E-state index in [1.54, 1.807) is 42.5 Å². The summed E-state index contributed by atoms with van der Waals surface area (Å²) in [4.78, 5) is 11.5. The lowest BCUT2D eigenvalue weighted by Crippen LogP contribution is -2.15. The van der Waals surface area contributed by atoms with E-state index in [1.165, 1.54) is 6.07 Å². The minimum Gasteiger partial charge on any atom is -0.482 e. The van der Waals surface area contributed by atoms with Crippen molar-refractivity contribution in [1.29, 1.82) is 0 Å². The van der Waals surface area contributed by atoms with E-state index >= 15 is 0 Å². The first-order valence-electron chi connectivity index (χ1n) is 6.02. The minimum absolute atomic E-state index is 0.114. The molecule has 2 aromatic rings. The number of nitrogens with two attached hydrogens (primary N) is 1. The van der Waals surface area contributed by atoms with Gasteiger partial charge in [-0.05, 0) is 30.3 Å². The fourth-order valence-electron chi connectivity index (χ4n) is 1.52. The fourth-order valence-corrected chi connectivity index (χ4v) is 1.52. The molecule has 2 aromatic carbocycles. The van der Waals surface area contributed by atoms with Crippen molar-refractivity contribution < 1.29 is 18.7 Å². The van der Waals surface area contributed by atoms with Crippen LogP contribution < -0.4 is 10.5 Å². The van der Waals surface area contributed by atoms with E-state index in [0.717, 1.165) is 0 Å². The van der Waals surface area contributed by atoms with Crippen LogP contribution in [0.15, 0.2) is 48.5 Å². The minimum atomic E-state index is -0.565. The van der Waals surface area contributed by atoms with Gasteiger partial charge in [-0.15, -0.1) is 0 Å². The molecule has 0 heterocycles. The Kier molecular flexibility index (Phi) is 4.55. The Bertz CT molecular complexity index is 584. The van der Waals surface area contributed by atoms with Crippen molar-refractivity contribution in [2.45, 2.75) is 6.61 Å². The summed E-state index contributed by atoms with van der Waals surface area (Å²) in [5.74, 6) is -0.452. The molecule has 104 valence electrons. The van der Waals surface area contributed by atoms with Gasteiger partial charge in [-0.25, -0.2) is 9.18 Å². The monoisotopic (exact) mass is 275 g/mol. The normalized spacial score (nSPS) is 10.1. The summed E-state index contributed by atoms with van der Waals surface area (Å²) in [6, 6.07) is 12.8. The van der Waals surface area contributed by atoms with Crippen molar-refractivity contribution >= 4 is 11.7 Å². The molecular formula is C15H14FNO3. The van der Waals surface area contributed by atoms with Crippen LogP contribution in [0.5, 0.6) is 5.75 Å². The predicted octanol–water partition coefficient (Wildman–Crippen LogP) is 2.53. The second-order valence-electron chi connectivity index (χ2n) is 4.11. The Labute approximate surface area is 115 Å². The van der Waals surface area contributed by atoms with Crippen LogP contribution in [0.1, 0.15) is 5.56 Å². The average molecular weight is 275 g/mol. The van der Waals surface area contributed by atoms with Crippen molar-refractivity contribution in [2.24, 2.45) is 0 Å². The molecule has 0 saturated carbocycles. The molecule has 20 heavy (non-hydrogen) atoms. The summed E-state index contributed by atoms with van der Waals surface area (Å²) in [6.07, 6.45) is 0. The van der Waals surface area contributed by atoms with Gasteiger partial charge in [0.2, 0.25) is 0 Å². The molecule has 0 unspecified atom stereocenters. The van der Waals surface area contributed by atoms with Crippen molar-refractivity contribution in [1.82, 2.24) is 0 Å². The van der Waals surface area contributed by atoms with Gasteiger partial charge in [0, 0.05) is 11.3 Å². The standard InChI is InChI=1S/C15H14FNO3/c16-14-4-2-1-3-11(14)9-20-15(18)10-19-13-7-5-12(17)6-8-13/h1-8H,9-10,17H2. The molecule has 0 aliphatic carbocycles. The number of benzene rings is 2. The van der Waals surface area contributed by atoms with Crippen LogP contribution in [0.2, 0.25) is 0 Å². The highest BCUT2D eigenvalue weighted by atomic mass is 19.1. The summed E-state index contributed by atoms with van der Waals surface area (Å²) in [5.41, 5.74) is 6.46. The SMILES string of the molecule is Nc1ccc(OCC(=O)OCc2ccccc2F)cc1. The van der Waals surface area contributed by atoms with Crippen LogP contribution in [0, 0.1) is 5.82 Å². The van der Waals surface area contributed by atoms with Crippen LogP contribution in [-0.4, -0.2) is 12.6 Å². The number of carbonyl (C=O) groups excluding carboxylic acids is 1. The largest absolute Gasteiger partial charge is 0.482 e. The number of ether oxygens (including phenoxy) is 2. The van der Waals surface area contributed by atoms with E-state index in [4.69, 9.17) is 15.2 Å². The number of rotatable bonds is 5. The first-order valence-corrected chi connectivity index (χ1v) is 6.02. The molecule has 0 atom stereocenters. The third kappa shape index (κ3) is 3.98. The van der Waals surface area contributed by atoms with Gasteiger partial charge in [0.1, 0.15) is 18.2 Å². The third-order valence-corrected chi connectivity index (χ3v) is 2.58. The highest BCUT2D eigenvalue weighted by Gasteiger charge is 2.07. The van der Waals surface area contributed by atoms with Crippen LogP contribution >= 0.6 is 0 Å². The highest BCUT2D eigenvalue weighted by molar-refractivity contribution is 5.71. The van der Waals surface area contributed by atoms with Crippen LogP contribution in [0.25, 0.3) is 0 Å². The highest BCUT2D eigenvalue weighted by Crippen LogP contribution is 2.13. The molecular weight excluding hydrogens is 261 g/mol. The fraction of sp³-hybridized carbons (Fsp3) is 0.133. The predicted molar refractivity (Wildman–Crippen MR) is 72.5 cm³/mol.